The van der Waals surface area contributed by atoms with Gasteiger partial charge in [0.25, 0.3) is 0 Å². The predicted molar refractivity (Wildman–Crippen MR) is 62.1 cm³/mol. The smallest absolute Gasteiger partial charge is 0.0352 e. The summed E-state index contributed by atoms with van der Waals surface area (Å²) >= 11 is 7.14. The molecule has 1 aliphatic rings. The monoisotopic (exact) mass is 303 g/mol. The van der Waals surface area contributed by atoms with Crippen molar-refractivity contribution in [1.82, 2.24) is 5.32 Å². The third-order valence-electron chi connectivity index (χ3n) is 2.48. The molecule has 0 spiro atoms. The summed E-state index contributed by atoms with van der Waals surface area (Å²) < 4.78 is 2.36. The second-order valence-electron chi connectivity index (χ2n) is 3.33. The van der Waals surface area contributed by atoms with Crippen LogP contribution in [0.2, 0.25) is 0 Å². The van der Waals surface area contributed by atoms with Crippen molar-refractivity contribution in [2.45, 2.75) is 12.3 Å². The lowest BCUT2D eigenvalue weighted by atomic mass is 9.99. The summed E-state index contributed by atoms with van der Waals surface area (Å²) in [6, 6.07) is 6.37. The lowest BCUT2D eigenvalue weighted by molar-refractivity contribution is 0.759. The number of hydrogen-bond donors (Lipinski definition) is 1. The summed E-state index contributed by atoms with van der Waals surface area (Å²) in [5.74, 6) is 0.673. The molecule has 1 nitrogen and oxygen atoms in total. The molecule has 0 aromatic heterocycles. The number of rotatable bonds is 1. The van der Waals surface area contributed by atoms with E-state index in [0.29, 0.717) is 5.92 Å². The number of nitrogens with one attached hydrogen (secondary N) is 1. The van der Waals surface area contributed by atoms with Crippen molar-refractivity contribution in [2.75, 3.05) is 13.1 Å². The molecule has 1 fully saturated rings. The minimum atomic E-state index is 0.673. The van der Waals surface area contributed by atoms with E-state index in [4.69, 9.17) is 0 Å². The fraction of sp³-hybridized carbons (Fsp3) is 0.400. The highest BCUT2D eigenvalue weighted by Crippen LogP contribution is 2.33. The molecule has 1 aliphatic heterocycles. The van der Waals surface area contributed by atoms with E-state index in [1.54, 1.807) is 0 Å². The third-order valence-corrected chi connectivity index (χ3v) is 4.56. The number of benzene rings is 1. The molecule has 70 valence electrons. The topological polar surface area (TPSA) is 12.0 Å². The van der Waals surface area contributed by atoms with E-state index in [1.807, 2.05) is 0 Å². The van der Waals surface area contributed by atoms with Crippen LogP contribution in [0.3, 0.4) is 0 Å². The van der Waals surface area contributed by atoms with Gasteiger partial charge in [0.05, 0.1) is 0 Å². The maximum atomic E-state index is 3.62. The van der Waals surface area contributed by atoms with E-state index in [-0.39, 0.29) is 0 Å². The summed E-state index contributed by atoms with van der Waals surface area (Å²) in [5, 5.41) is 3.38. The van der Waals surface area contributed by atoms with Gasteiger partial charge >= 0.3 is 0 Å². The summed E-state index contributed by atoms with van der Waals surface area (Å²) in [4.78, 5) is 0. The SMILES string of the molecule is Brc1cccc(C2CCNC2)c1Br. The first-order valence-corrected chi connectivity index (χ1v) is 6.02. The van der Waals surface area contributed by atoms with Crippen LogP contribution in [0.4, 0.5) is 0 Å². The molecular weight excluding hydrogens is 294 g/mol. The van der Waals surface area contributed by atoms with Gasteiger partial charge in [0.1, 0.15) is 0 Å². The Balaban J connectivity index is 2.33. The molecule has 1 heterocycles. The maximum absolute atomic E-state index is 3.62. The van der Waals surface area contributed by atoms with Crippen molar-refractivity contribution < 1.29 is 0 Å². The second kappa shape index (κ2) is 4.11. The molecule has 1 N–H and O–H groups in total. The second-order valence-corrected chi connectivity index (χ2v) is 4.98. The predicted octanol–water partition coefficient (Wildman–Crippen LogP) is 3.29. The molecule has 1 atom stereocenters. The Morgan fingerprint density at radius 2 is 2.15 bits per heavy atom. The minimum absolute atomic E-state index is 0.673. The normalized spacial score (nSPS) is 22.2. The van der Waals surface area contributed by atoms with Crippen LogP contribution >= 0.6 is 31.9 Å². The highest BCUT2D eigenvalue weighted by Gasteiger charge is 2.19. The molecule has 0 radical (unpaired) electrons. The Kier molecular flexibility index (Phi) is 3.06. The Morgan fingerprint density at radius 1 is 1.31 bits per heavy atom. The molecule has 1 unspecified atom stereocenters. The van der Waals surface area contributed by atoms with Gasteiger partial charge in [-0.05, 0) is 62.4 Å². The molecule has 1 aromatic rings. The molecule has 1 aromatic carbocycles. The van der Waals surface area contributed by atoms with E-state index >= 15 is 0 Å². The zero-order valence-corrected chi connectivity index (χ0v) is 10.4. The van der Waals surface area contributed by atoms with Gasteiger partial charge in [0.15, 0.2) is 0 Å². The van der Waals surface area contributed by atoms with Gasteiger partial charge in [-0.2, -0.15) is 0 Å². The lowest BCUT2D eigenvalue weighted by Gasteiger charge is -2.11. The summed E-state index contributed by atoms with van der Waals surface area (Å²) in [7, 11) is 0. The molecule has 0 bridgehead atoms. The Labute approximate surface area is 95.2 Å². The van der Waals surface area contributed by atoms with Crippen LogP contribution in [-0.4, -0.2) is 13.1 Å². The first-order valence-electron chi connectivity index (χ1n) is 4.43. The van der Waals surface area contributed by atoms with E-state index in [1.165, 1.54) is 16.5 Å². The van der Waals surface area contributed by atoms with E-state index in [0.717, 1.165) is 17.6 Å². The van der Waals surface area contributed by atoms with Gasteiger partial charge < -0.3 is 5.32 Å². The van der Waals surface area contributed by atoms with Crippen LogP contribution in [-0.2, 0) is 0 Å². The zero-order valence-electron chi connectivity index (χ0n) is 7.19. The van der Waals surface area contributed by atoms with Crippen molar-refractivity contribution in [3.05, 3.63) is 32.7 Å². The van der Waals surface area contributed by atoms with Crippen LogP contribution in [0.15, 0.2) is 27.1 Å². The van der Waals surface area contributed by atoms with Gasteiger partial charge in [0.2, 0.25) is 0 Å². The van der Waals surface area contributed by atoms with Crippen LogP contribution < -0.4 is 5.32 Å². The zero-order chi connectivity index (χ0) is 9.26. The summed E-state index contributed by atoms with van der Waals surface area (Å²) in [6.07, 6.45) is 1.25. The molecule has 13 heavy (non-hydrogen) atoms. The van der Waals surface area contributed by atoms with Crippen LogP contribution in [0.25, 0.3) is 0 Å². The fourth-order valence-corrected chi connectivity index (χ4v) is 2.73. The van der Waals surface area contributed by atoms with Gasteiger partial charge in [-0.25, -0.2) is 0 Å². The average molecular weight is 305 g/mol. The van der Waals surface area contributed by atoms with Crippen molar-refractivity contribution in [3.8, 4) is 0 Å². The van der Waals surface area contributed by atoms with Crippen LogP contribution in [0, 0.1) is 0 Å². The van der Waals surface area contributed by atoms with Gasteiger partial charge in [-0.3, -0.25) is 0 Å². The highest BCUT2D eigenvalue weighted by molar-refractivity contribution is 9.13. The molecule has 2 rings (SSSR count). The summed E-state index contributed by atoms with van der Waals surface area (Å²) in [6.45, 7) is 2.25. The Morgan fingerprint density at radius 3 is 2.85 bits per heavy atom. The standard InChI is InChI=1S/C10H11Br2N/c11-9-3-1-2-8(10(9)12)7-4-5-13-6-7/h1-3,7,13H,4-6H2. The van der Waals surface area contributed by atoms with Gasteiger partial charge in [0, 0.05) is 15.5 Å². The Hall–Kier alpha value is 0.140. The quantitative estimate of drug-likeness (QED) is 0.839. The number of halogens is 2. The fourth-order valence-electron chi connectivity index (χ4n) is 1.76. The molecular formula is C10H11Br2N. The number of hydrogen-bond acceptors (Lipinski definition) is 1. The summed E-state index contributed by atoms with van der Waals surface area (Å²) in [5.41, 5.74) is 1.42. The van der Waals surface area contributed by atoms with Crippen molar-refractivity contribution >= 4 is 31.9 Å². The molecule has 0 saturated carbocycles. The average Bonchev–Trinajstić information content (AvgIpc) is 2.62. The first kappa shape index (κ1) is 9.69. The molecule has 3 heteroatoms. The van der Waals surface area contributed by atoms with Gasteiger partial charge in [-0.1, -0.05) is 12.1 Å². The van der Waals surface area contributed by atoms with E-state index < -0.39 is 0 Å². The Bertz CT molecular complexity index is 306. The maximum Gasteiger partial charge on any atom is 0.0352 e. The third kappa shape index (κ3) is 1.97. The van der Waals surface area contributed by atoms with Gasteiger partial charge in [-0.15, -0.1) is 0 Å². The van der Waals surface area contributed by atoms with Crippen LogP contribution in [0.1, 0.15) is 17.9 Å². The molecule has 0 amide bonds. The molecule has 1 saturated heterocycles. The molecule has 0 aliphatic carbocycles. The largest absolute Gasteiger partial charge is 0.316 e. The van der Waals surface area contributed by atoms with Crippen LogP contribution in [0.5, 0.6) is 0 Å². The first-order chi connectivity index (χ1) is 6.29. The highest BCUT2D eigenvalue weighted by atomic mass is 79.9. The van der Waals surface area contributed by atoms with E-state index in [2.05, 4.69) is 55.4 Å². The van der Waals surface area contributed by atoms with E-state index in [9.17, 15) is 0 Å². The van der Waals surface area contributed by atoms with Crippen molar-refractivity contribution in [3.63, 3.8) is 0 Å². The minimum Gasteiger partial charge on any atom is -0.316 e. The van der Waals surface area contributed by atoms with Crippen molar-refractivity contribution in [2.24, 2.45) is 0 Å². The lowest BCUT2D eigenvalue weighted by Crippen LogP contribution is -2.08. The van der Waals surface area contributed by atoms with Crippen molar-refractivity contribution in [1.29, 1.82) is 0 Å².